The molecular weight excluding hydrogens is 230 g/mol. The summed E-state index contributed by atoms with van der Waals surface area (Å²) >= 11 is 1.66. The molecule has 17 heavy (non-hydrogen) atoms. The quantitative estimate of drug-likeness (QED) is 0.835. The Morgan fingerprint density at radius 2 is 2.29 bits per heavy atom. The molecule has 2 rings (SSSR count). The van der Waals surface area contributed by atoms with Crippen LogP contribution in [0.3, 0.4) is 0 Å². The minimum Gasteiger partial charge on any atom is -0.316 e. The third-order valence-electron chi connectivity index (χ3n) is 4.01. The fourth-order valence-electron chi connectivity index (χ4n) is 2.62. The number of carbonyl (C=O) groups excluding carboxylic acids is 1. The number of aryl methyl sites for hydroxylation is 1. The van der Waals surface area contributed by atoms with Crippen LogP contribution in [0.2, 0.25) is 0 Å². The Labute approximate surface area is 107 Å². The minimum absolute atomic E-state index is 0.251. The van der Waals surface area contributed by atoms with Gasteiger partial charge in [-0.1, -0.05) is 13.8 Å². The summed E-state index contributed by atoms with van der Waals surface area (Å²) in [6.07, 6.45) is 2.35. The zero-order valence-corrected chi connectivity index (χ0v) is 11.7. The zero-order chi connectivity index (χ0) is 12.5. The van der Waals surface area contributed by atoms with Gasteiger partial charge >= 0.3 is 0 Å². The number of piperidine rings is 1. The summed E-state index contributed by atoms with van der Waals surface area (Å²) in [5.41, 5.74) is 0.671. The Bertz CT molecular complexity index is 402. The third-order valence-corrected chi connectivity index (χ3v) is 4.85. The molecule has 0 aliphatic carbocycles. The molecule has 1 atom stereocenters. The molecule has 0 amide bonds. The normalized spacial score (nSPS) is 21.5. The van der Waals surface area contributed by atoms with Crippen molar-refractivity contribution < 1.29 is 4.79 Å². The second-order valence-electron chi connectivity index (χ2n) is 5.48. The van der Waals surface area contributed by atoms with Crippen LogP contribution >= 0.6 is 11.3 Å². The first-order valence-corrected chi connectivity index (χ1v) is 7.21. The van der Waals surface area contributed by atoms with Gasteiger partial charge in [0.25, 0.3) is 0 Å². The first-order chi connectivity index (χ1) is 8.03. The number of nitrogens with one attached hydrogen (secondary N) is 1. The number of hydrogen-bond donors (Lipinski definition) is 1. The predicted molar refractivity (Wildman–Crippen MR) is 72.8 cm³/mol. The maximum Gasteiger partial charge on any atom is 0.169 e. The molecular formula is C14H21NOS. The zero-order valence-electron chi connectivity index (χ0n) is 10.9. The van der Waals surface area contributed by atoms with Gasteiger partial charge in [0.1, 0.15) is 0 Å². The first kappa shape index (κ1) is 12.8. The molecule has 1 aromatic rings. The highest BCUT2D eigenvalue weighted by Gasteiger charge is 2.38. The third kappa shape index (κ3) is 2.45. The van der Waals surface area contributed by atoms with Gasteiger partial charge in [-0.15, -0.1) is 11.3 Å². The summed E-state index contributed by atoms with van der Waals surface area (Å²) in [5.74, 6) is 0.771. The summed E-state index contributed by atoms with van der Waals surface area (Å²) in [6, 6.07) is 1.97. The second-order valence-corrected chi connectivity index (χ2v) is 6.60. The molecule has 1 N–H and O–H groups in total. The lowest BCUT2D eigenvalue weighted by atomic mass is 9.70. The molecule has 0 bridgehead atoms. The molecule has 1 aromatic heterocycles. The van der Waals surface area contributed by atoms with Crippen molar-refractivity contribution in [3.05, 3.63) is 21.9 Å². The van der Waals surface area contributed by atoms with Gasteiger partial charge in [-0.2, -0.15) is 0 Å². The molecule has 1 fully saturated rings. The minimum atomic E-state index is -0.251. The molecule has 0 aromatic carbocycles. The van der Waals surface area contributed by atoms with Crippen molar-refractivity contribution in [3.8, 4) is 0 Å². The van der Waals surface area contributed by atoms with Crippen molar-refractivity contribution in [3.63, 3.8) is 0 Å². The Morgan fingerprint density at radius 3 is 2.82 bits per heavy atom. The van der Waals surface area contributed by atoms with Crippen molar-refractivity contribution in [2.45, 2.75) is 33.6 Å². The monoisotopic (exact) mass is 251 g/mol. The Hall–Kier alpha value is -0.670. The molecule has 1 aliphatic rings. The number of thiophene rings is 1. The molecule has 94 valence electrons. The maximum atomic E-state index is 12.6. The van der Waals surface area contributed by atoms with Crippen molar-refractivity contribution in [1.29, 1.82) is 0 Å². The summed E-state index contributed by atoms with van der Waals surface area (Å²) in [7, 11) is 0. The van der Waals surface area contributed by atoms with Crippen LogP contribution in [-0.4, -0.2) is 18.9 Å². The summed E-state index contributed by atoms with van der Waals surface area (Å²) < 4.78 is 0. The second kappa shape index (κ2) is 4.91. The van der Waals surface area contributed by atoms with Crippen molar-refractivity contribution in [2.75, 3.05) is 13.1 Å². The molecule has 0 radical (unpaired) electrons. The van der Waals surface area contributed by atoms with E-state index in [1.807, 2.05) is 18.4 Å². The van der Waals surface area contributed by atoms with Crippen molar-refractivity contribution in [2.24, 2.45) is 11.3 Å². The molecule has 1 unspecified atom stereocenters. The van der Waals surface area contributed by atoms with E-state index in [9.17, 15) is 4.79 Å². The lowest BCUT2D eigenvalue weighted by Gasteiger charge is -2.36. The average molecular weight is 251 g/mol. The standard InChI is InChI=1S/C14H21NOS/c1-10-12(6-8-17-10)13(16)14(2,3)11-5-4-7-15-9-11/h6,8,11,15H,4-5,7,9H2,1-3H3. The van der Waals surface area contributed by atoms with Gasteiger partial charge in [0.15, 0.2) is 5.78 Å². The van der Waals surface area contributed by atoms with E-state index in [2.05, 4.69) is 19.2 Å². The van der Waals surface area contributed by atoms with Gasteiger partial charge in [-0.05, 0) is 50.2 Å². The average Bonchev–Trinajstić information content (AvgIpc) is 2.75. The molecule has 3 heteroatoms. The van der Waals surface area contributed by atoms with Crippen LogP contribution in [0.25, 0.3) is 0 Å². The fourth-order valence-corrected chi connectivity index (χ4v) is 3.32. The van der Waals surface area contributed by atoms with Crippen LogP contribution in [0.5, 0.6) is 0 Å². The molecule has 2 heterocycles. The summed E-state index contributed by atoms with van der Waals surface area (Å²) in [6.45, 7) is 8.31. The summed E-state index contributed by atoms with van der Waals surface area (Å²) in [5, 5.41) is 5.42. The fraction of sp³-hybridized carbons (Fsp3) is 0.643. The highest BCUT2D eigenvalue weighted by Crippen LogP contribution is 2.36. The van der Waals surface area contributed by atoms with E-state index in [-0.39, 0.29) is 5.41 Å². The van der Waals surface area contributed by atoms with Crippen LogP contribution < -0.4 is 5.32 Å². The van der Waals surface area contributed by atoms with E-state index in [0.717, 1.165) is 30.0 Å². The van der Waals surface area contributed by atoms with Gasteiger partial charge in [-0.3, -0.25) is 4.79 Å². The highest BCUT2D eigenvalue weighted by molar-refractivity contribution is 7.10. The molecule has 1 aliphatic heterocycles. The molecule has 2 nitrogen and oxygen atoms in total. The van der Waals surface area contributed by atoms with Crippen LogP contribution in [-0.2, 0) is 0 Å². The Kier molecular flexibility index (Phi) is 3.69. The Morgan fingerprint density at radius 1 is 1.53 bits per heavy atom. The van der Waals surface area contributed by atoms with Gasteiger partial charge in [-0.25, -0.2) is 0 Å². The predicted octanol–water partition coefficient (Wildman–Crippen LogP) is 3.27. The summed E-state index contributed by atoms with van der Waals surface area (Å²) in [4.78, 5) is 13.8. The lowest BCUT2D eigenvalue weighted by Crippen LogP contribution is -2.42. The van der Waals surface area contributed by atoms with E-state index in [1.165, 1.54) is 6.42 Å². The molecule has 0 spiro atoms. The SMILES string of the molecule is Cc1sccc1C(=O)C(C)(C)C1CCCNC1. The van der Waals surface area contributed by atoms with Crippen LogP contribution in [0.15, 0.2) is 11.4 Å². The number of rotatable bonds is 3. The Balaban J connectivity index is 2.19. The number of hydrogen-bond acceptors (Lipinski definition) is 3. The first-order valence-electron chi connectivity index (χ1n) is 6.33. The van der Waals surface area contributed by atoms with Crippen molar-refractivity contribution >= 4 is 17.1 Å². The van der Waals surface area contributed by atoms with E-state index in [4.69, 9.17) is 0 Å². The maximum absolute atomic E-state index is 12.6. The van der Waals surface area contributed by atoms with Gasteiger partial charge < -0.3 is 5.32 Å². The number of carbonyl (C=O) groups is 1. The van der Waals surface area contributed by atoms with E-state index >= 15 is 0 Å². The van der Waals surface area contributed by atoms with Crippen molar-refractivity contribution in [1.82, 2.24) is 5.32 Å². The van der Waals surface area contributed by atoms with Gasteiger partial charge in [0.05, 0.1) is 0 Å². The smallest absolute Gasteiger partial charge is 0.169 e. The largest absolute Gasteiger partial charge is 0.316 e. The van der Waals surface area contributed by atoms with Gasteiger partial charge in [0, 0.05) is 15.9 Å². The number of Topliss-reactive ketones (excluding diaryl/α,β-unsaturated/α-hetero) is 1. The molecule has 1 saturated heterocycles. The number of ketones is 1. The topological polar surface area (TPSA) is 29.1 Å². The molecule has 0 saturated carbocycles. The van der Waals surface area contributed by atoms with Crippen LogP contribution in [0.4, 0.5) is 0 Å². The van der Waals surface area contributed by atoms with E-state index in [0.29, 0.717) is 11.7 Å². The van der Waals surface area contributed by atoms with Crippen LogP contribution in [0, 0.1) is 18.3 Å². The van der Waals surface area contributed by atoms with E-state index in [1.54, 1.807) is 11.3 Å². The highest BCUT2D eigenvalue weighted by atomic mass is 32.1. The van der Waals surface area contributed by atoms with Crippen LogP contribution in [0.1, 0.15) is 41.9 Å². The van der Waals surface area contributed by atoms with Gasteiger partial charge in [0.2, 0.25) is 0 Å². The lowest BCUT2D eigenvalue weighted by molar-refractivity contribution is 0.0708. The van der Waals surface area contributed by atoms with E-state index < -0.39 is 0 Å².